The van der Waals surface area contributed by atoms with Crippen LogP contribution in [0.3, 0.4) is 0 Å². The van der Waals surface area contributed by atoms with Crippen LogP contribution in [0.5, 0.6) is 0 Å². The first-order valence-corrected chi connectivity index (χ1v) is 6.05. The van der Waals surface area contributed by atoms with E-state index in [9.17, 15) is 21.6 Å². The molecule has 0 aromatic heterocycles. The number of alkyl halides is 3. The molecule has 1 heterocycles. The highest BCUT2D eigenvalue weighted by atomic mass is 32.2. The van der Waals surface area contributed by atoms with Crippen LogP contribution in [-0.2, 0) is 14.2 Å². The van der Waals surface area contributed by atoms with Crippen LogP contribution >= 0.6 is 0 Å². The monoisotopic (exact) mass is 244 g/mol. The summed E-state index contributed by atoms with van der Waals surface area (Å²) in [7, 11) is -5.45. The van der Waals surface area contributed by atoms with Gasteiger partial charge in [0, 0.05) is 0 Å². The van der Waals surface area contributed by atoms with Gasteiger partial charge in [0.15, 0.2) is 0 Å². The minimum Gasteiger partial charge on any atom is -0.326 e. The molecule has 0 unspecified atom stereocenters. The zero-order valence-electron chi connectivity index (χ0n) is 8.41. The standard InChI is InChI=1S/C7H12BF3O3S/c1-5-3-4-6(2)8(5)14-15(12,13)7(9,10)11/h5-6H,3-4H2,1-2H3/t5-,6-/m0/s1. The molecule has 0 bridgehead atoms. The molecule has 0 saturated carbocycles. The predicted molar refractivity (Wildman–Crippen MR) is 49.9 cm³/mol. The van der Waals surface area contributed by atoms with Crippen LogP contribution in [-0.4, -0.2) is 20.8 Å². The summed E-state index contributed by atoms with van der Waals surface area (Å²) in [6.45, 7) is 2.54. The first-order valence-electron chi connectivity index (χ1n) is 4.64. The zero-order chi connectivity index (χ0) is 11.9. The van der Waals surface area contributed by atoms with Gasteiger partial charge in [0.1, 0.15) is 0 Å². The first kappa shape index (κ1) is 12.8. The van der Waals surface area contributed by atoms with Gasteiger partial charge in [0.25, 0.3) is 0 Å². The number of hydrogen-bond acceptors (Lipinski definition) is 3. The van der Waals surface area contributed by atoms with E-state index >= 15 is 0 Å². The Morgan fingerprint density at radius 2 is 1.60 bits per heavy atom. The maximum absolute atomic E-state index is 12.0. The molecule has 0 spiro atoms. The second kappa shape index (κ2) is 3.97. The number of halogens is 3. The molecule has 1 aliphatic rings. The largest absolute Gasteiger partial charge is 0.521 e. The minimum absolute atomic E-state index is 0.155. The molecule has 3 nitrogen and oxygen atoms in total. The van der Waals surface area contributed by atoms with E-state index in [4.69, 9.17) is 0 Å². The first-order chi connectivity index (χ1) is 6.65. The molecular formula is C7H12BF3O3S. The summed E-state index contributed by atoms with van der Waals surface area (Å²) in [6, 6.07) is 0. The Morgan fingerprint density at radius 3 is 1.93 bits per heavy atom. The van der Waals surface area contributed by atoms with Crippen molar-refractivity contribution in [2.24, 2.45) is 0 Å². The van der Waals surface area contributed by atoms with Crippen molar-refractivity contribution in [1.82, 2.24) is 0 Å². The van der Waals surface area contributed by atoms with E-state index in [0.717, 1.165) is 0 Å². The van der Waals surface area contributed by atoms with Crippen molar-refractivity contribution in [3.05, 3.63) is 0 Å². The van der Waals surface area contributed by atoms with Gasteiger partial charge in [-0.15, -0.1) is 0 Å². The SMILES string of the molecule is C[C@H]1CC[C@H](C)B1OS(=O)(=O)C(F)(F)F. The van der Waals surface area contributed by atoms with Crippen LogP contribution < -0.4 is 0 Å². The lowest BCUT2D eigenvalue weighted by Crippen LogP contribution is -2.34. The summed E-state index contributed by atoms with van der Waals surface area (Å²) < 4.78 is 61.8. The fourth-order valence-electron chi connectivity index (χ4n) is 1.81. The van der Waals surface area contributed by atoms with E-state index < -0.39 is 22.5 Å². The van der Waals surface area contributed by atoms with Gasteiger partial charge >= 0.3 is 22.5 Å². The fourth-order valence-corrected chi connectivity index (χ4v) is 2.59. The van der Waals surface area contributed by atoms with E-state index in [0.29, 0.717) is 12.8 Å². The Balaban J connectivity index is 2.78. The zero-order valence-corrected chi connectivity index (χ0v) is 9.23. The fraction of sp³-hybridized carbons (Fsp3) is 1.00. The molecule has 2 atom stereocenters. The molecule has 0 N–H and O–H groups in total. The quantitative estimate of drug-likeness (QED) is 0.553. The number of hydrogen-bond donors (Lipinski definition) is 0. The van der Waals surface area contributed by atoms with Gasteiger partial charge in [0.2, 0.25) is 0 Å². The second-order valence-electron chi connectivity index (χ2n) is 3.99. The molecule has 0 aliphatic carbocycles. The Hall–Kier alpha value is -0.235. The van der Waals surface area contributed by atoms with E-state index in [2.05, 4.69) is 4.10 Å². The van der Waals surface area contributed by atoms with E-state index in [1.807, 2.05) is 0 Å². The van der Waals surface area contributed by atoms with Crippen molar-refractivity contribution in [3.63, 3.8) is 0 Å². The topological polar surface area (TPSA) is 43.4 Å². The van der Waals surface area contributed by atoms with Crippen molar-refractivity contribution in [2.45, 2.75) is 43.8 Å². The van der Waals surface area contributed by atoms with Gasteiger partial charge in [-0.3, -0.25) is 0 Å². The van der Waals surface area contributed by atoms with Crippen LogP contribution in [0.2, 0.25) is 11.6 Å². The average Bonchev–Trinajstić information content (AvgIpc) is 2.33. The van der Waals surface area contributed by atoms with Crippen LogP contribution in [0.25, 0.3) is 0 Å². The van der Waals surface area contributed by atoms with Gasteiger partial charge in [-0.05, 0) is 11.6 Å². The summed E-state index contributed by atoms with van der Waals surface area (Å²) in [5.41, 5.74) is -5.32. The summed E-state index contributed by atoms with van der Waals surface area (Å²) in [5.74, 6) is -0.311. The van der Waals surface area contributed by atoms with Crippen molar-refractivity contribution < 1.29 is 25.7 Å². The molecule has 8 heteroatoms. The molecule has 0 radical (unpaired) electrons. The van der Waals surface area contributed by atoms with Crippen LogP contribution in [0, 0.1) is 0 Å². The van der Waals surface area contributed by atoms with Gasteiger partial charge in [-0.1, -0.05) is 26.7 Å². The summed E-state index contributed by atoms with van der Waals surface area (Å²) in [5, 5.41) is 0. The third kappa shape index (κ3) is 2.66. The molecule has 88 valence electrons. The second-order valence-corrected chi connectivity index (χ2v) is 5.56. The third-order valence-corrected chi connectivity index (χ3v) is 3.76. The molecule has 0 aromatic carbocycles. The lowest BCUT2D eigenvalue weighted by molar-refractivity contribution is -0.0502. The number of rotatable bonds is 2. The van der Waals surface area contributed by atoms with E-state index in [1.54, 1.807) is 13.8 Å². The lowest BCUT2D eigenvalue weighted by Gasteiger charge is -2.17. The van der Waals surface area contributed by atoms with Crippen LogP contribution in [0.4, 0.5) is 13.2 Å². The van der Waals surface area contributed by atoms with Gasteiger partial charge in [-0.25, -0.2) is 0 Å². The Bertz CT molecular complexity index is 317. The van der Waals surface area contributed by atoms with Crippen molar-refractivity contribution in [3.8, 4) is 0 Å². The third-order valence-electron chi connectivity index (χ3n) is 2.72. The van der Waals surface area contributed by atoms with Crippen molar-refractivity contribution >= 4 is 17.0 Å². The van der Waals surface area contributed by atoms with Gasteiger partial charge in [-0.2, -0.15) is 21.6 Å². The highest BCUT2D eigenvalue weighted by Gasteiger charge is 2.51. The predicted octanol–water partition coefficient (Wildman–Crippen LogP) is 2.42. The normalized spacial score (nSPS) is 28.5. The highest BCUT2D eigenvalue weighted by Crippen LogP contribution is 2.40. The van der Waals surface area contributed by atoms with Gasteiger partial charge < -0.3 is 4.10 Å². The maximum atomic E-state index is 12.0. The lowest BCUT2D eigenvalue weighted by atomic mass is 9.54. The van der Waals surface area contributed by atoms with Crippen molar-refractivity contribution in [2.75, 3.05) is 0 Å². The maximum Gasteiger partial charge on any atom is 0.521 e. The van der Waals surface area contributed by atoms with Crippen molar-refractivity contribution in [1.29, 1.82) is 0 Å². The summed E-state index contributed by atoms with van der Waals surface area (Å²) in [6.07, 6.45) is 1.39. The molecule has 1 fully saturated rings. The minimum atomic E-state index is -5.45. The van der Waals surface area contributed by atoms with E-state index in [1.165, 1.54) is 0 Å². The Labute approximate surface area is 87.2 Å². The molecule has 1 rings (SSSR count). The smallest absolute Gasteiger partial charge is 0.326 e. The summed E-state index contributed by atoms with van der Waals surface area (Å²) >= 11 is 0. The molecule has 1 aliphatic heterocycles. The Kier molecular flexibility index (Phi) is 3.40. The molecule has 15 heavy (non-hydrogen) atoms. The molecule has 0 amide bonds. The highest BCUT2D eigenvalue weighted by molar-refractivity contribution is 7.88. The molecule has 1 saturated heterocycles. The van der Waals surface area contributed by atoms with E-state index in [-0.39, 0.29) is 11.6 Å². The summed E-state index contributed by atoms with van der Waals surface area (Å²) in [4.78, 5) is 0. The van der Waals surface area contributed by atoms with Gasteiger partial charge in [0.05, 0.1) is 0 Å². The van der Waals surface area contributed by atoms with Crippen LogP contribution in [0.15, 0.2) is 0 Å². The van der Waals surface area contributed by atoms with Crippen LogP contribution in [0.1, 0.15) is 26.7 Å². The molecular weight excluding hydrogens is 232 g/mol. The average molecular weight is 244 g/mol. The molecule has 0 aromatic rings. The Morgan fingerprint density at radius 1 is 1.20 bits per heavy atom.